The first kappa shape index (κ1) is 13.7. The predicted octanol–water partition coefficient (Wildman–Crippen LogP) is -0.0237. The molecule has 2 rings (SSSR count). The Bertz CT molecular complexity index is 438. The molecule has 4 N–H and O–H groups in total. The molecule has 7 heteroatoms. The molecule has 0 aromatic carbocycles. The smallest absolute Gasteiger partial charge is 0.271 e. The Morgan fingerprint density at radius 1 is 1.58 bits per heavy atom. The Hall–Kier alpha value is -1.73. The van der Waals surface area contributed by atoms with Crippen LogP contribution < -0.4 is 16.6 Å². The van der Waals surface area contributed by atoms with E-state index in [-0.39, 0.29) is 17.6 Å². The second kappa shape index (κ2) is 6.44. The number of likely N-dealkylation sites (tertiary alicyclic amines) is 1. The first-order valence-corrected chi connectivity index (χ1v) is 6.54. The monoisotopic (exact) mass is 264 g/mol. The van der Waals surface area contributed by atoms with Gasteiger partial charge in [-0.15, -0.1) is 0 Å². The number of nitrogen functional groups attached to an aromatic ring is 1. The number of nitrogens with zero attached hydrogens (tertiary/aromatic N) is 3. The summed E-state index contributed by atoms with van der Waals surface area (Å²) in [6.45, 7) is 5.14. The molecule has 1 saturated heterocycles. The van der Waals surface area contributed by atoms with Gasteiger partial charge in [-0.25, -0.2) is 10.8 Å². The number of likely N-dealkylation sites (N-methyl/N-ethyl adjacent to an activating group) is 1. The van der Waals surface area contributed by atoms with Gasteiger partial charge in [0.15, 0.2) is 5.82 Å². The first-order valence-electron chi connectivity index (χ1n) is 6.54. The van der Waals surface area contributed by atoms with Gasteiger partial charge >= 0.3 is 0 Å². The minimum Gasteiger partial charge on any atom is -0.347 e. The molecule has 2 heterocycles. The summed E-state index contributed by atoms with van der Waals surface area (Å²) in [5.74, 6) is 5.43. The van der Waals surface area contributed by atoms with E-state index in [1.54, 1.807) is 0 Å². The Kier molecular flexibility index (Phi) is 4.64. The highest BCUT2D eigenvalue weighted by atomic mass is 16.2. The molecule has 0 spiro atoms. The quantitative estimate of drug-likeness (QED) is 0.522. The first-order chi connectivity index (χ1) is 9.22. The van der Waals surface area contributed by atoms with E-state index in [1.165, 1.54) is 12.4 Å². The molecule has 1 aromatic rings. The Morgan fingerprint density at radius 3 is 3.16 bits per heavy atom. The van der Waals surface area contributed by atoms with E-state index in [0.717, 1.165) is 32.5 Å². The molecule has 19 heavy (non-hydrogen) atoms. The van der Waals surface area contributed by atoms with Crippen molar-refractivity contribution < 1.29 is 4.79 Å². The van der Waals surface area contributed by atoms with Gasteiger partial charge < -0.3 is 15.6 Å². The molecule has 1 unspecified atom stereocenters. The van der Waals surface area contributed by atoms with Crippen molar-refractivity contribution in [2.75, 3.05) is 25.1 Å². The van der Waals surface area contributed by atoms with Crippen molar-refractivity contribution >= 4 is 11.7 Å². The molecule has 1 fully saturated rings. The Morgan fingerprint density at radius 2 is 2.42 bits per heavy atom. The zero-order valence-corrected chi connectivity index (χ0v) is 11.1. The number of hydrazine groups is 1. The Labute approximate surface area is 112 Å². The van der Waals surface area contributed by atoms with Crippen molar-refractivity contribution in [3.8, 4) is 0 Å². The van der Waals surface area contributed by atoms with Crippen LogP contribution in [-0.2, 0) is 0 Å². The summed E-state index contributed by atoms with van der Waals surface area (Å²) in [5, 5.41) is 3.00. The van der Waals surface area contributed by atoms with E-state index < -0.39 is 0 Å². The molecule has 0 aliphatic carbocycles. The van der Waals surface area contributed by atoms with Gasteiger partial charge in [0.05, 0.1) is 12.4 Å². The molecule has 1 amide bonds. The lowest BCUT2D eigenvalue weighted by molar-refractivity contribution is 0.0900. The Balaban J connectivity index is 1.96. The van der Waals surface area contributed by atoms with Crippen molar-refractivity contribution in [1.82, 2.24) is 20.2 Å². The summed E-state index contributed by atoms with van der Waals surface area (Å²) in [5.41, 5.74) is 2.66. The van der Waals surface area contributed by atoms with Crippen LogP contribution in [-0.4, -0.2) is 46.5 Å². The highest BCUT2D eigenvalue weighted by Gasteiger charge is 2.21. The molecular formula is C12H20N6O. The lowest BCUT2D eigenvalue weighted by Crippen LogP contribution is -2.47. The average Bonchev–Trinajstić information content (AvgIpc) is 2.47. The lowest BCUT2D eigenvalue weighted by Gasteiger charge is -2.32. The van der Waals surface area contributed by atoms with E-state index >= 15 is 0 Å². The van der Waals surface area contributed by atoms with Gasteiger partial charge in [-0.3, -0.25) is 9.78 Å². The minimum atomic E-state index is -0.201. The number of hydrogen-bond donors (Lipinski definition) is 3. The molecule has 1 aromatic heterocycles. The normalized spacial score (nSPS) is 20.0. The van der Waals surface area contributed by atoms with E-state index in [2.05, 4.69) is 32.5 Å². The molecule has 0 bridgehead atoms. The molecule has 104 valence electrons. The van der Waals surface area contributed by atoms with Crippen molar-refractivity contribution in [3.63, 3.8) is 0 Å². The standard InChI is InChI=1S/C12H20N6O/c1-2-18-5-3-4-9(8-18)15-12(19)10-6-14-7-11(16-10)17-13/h6-7,9H,2-5,8,13H2,1H3,(H,15,19)(H,16,17). The summed E-state index contributed by atoms with van der Waals surface area (Å²) >= 11 is 0. The topological polar surface area (TPSA) is 96.2 Å². The maximum absolute atomic E-state index is 12.1. The van der Waals surface area contributed by atoms with Crippen LogP contribution in [0.4, 0.5) is 5.82 Å². The summed E-state index contributed by atoms with van der Waals surface area (Å²) in [6, 6.07) is 0.178. The number of nitrogens with two attached hydrogens (primary N) is 1. The summed E-state index contributed by atoms with van der Waals surface area (Å²) in [4.78, 5) is 22.4. The number of carbonyl (C=O) groups excluding carboxylic acids is 1. The van der Waals surface area contributed by atoms with E-state index in [1.807, 2.05) is 0 Å². The fourth-order valence-corrected chi connectivity index (χ4v) is 2.26. The highest BCUT2D eigenvalue weighted by Crippen LogP contribution is 2.10. The fourth-order valence-electron chi connectivity index (χ4n) is 2.26. The van der Waals surface area contributed by atoms with E-state index in [0.29, 0.717) is 5.82 Å². The lowest BCUT2D eigenvalue weighted by atomic mass is 10.1. The highest BCUT2D eigenvalue weighted by molar-refractivity contribution is 5.92. The predicted molar refractivity (Wildman–Crippen MR) is 72.4 cm³/mol. The van der Waals surface area contributed by atoms with Gasteiger partial charge in [-0.05, 0) is 25.9 Å². The van der Waals surface area contributed by atoms with Gasteiger partial charge in [0.1, 0.15) is 5.69 Å². The van der Waals surface area contributed by atoms with Crippen LogP contribution in [0.2, 0.25) is 0 Å². The molecule has 1 atom stereocenters. The third-order valence-corrected chi connectivity index (χ3v) is 3.30. The van der Waals surface area contributed by atoms with Crippen LogP contribution in [0.25, 0.3) is 0 Å². The van der Waals surface area contributed by atoms with Gasteiger partial charge in [-0.2, -0.15) is 0 Å². The van der Waals surface area contributed by atoms with Crippen LogP contribution in [0.5, 0.6) is 0 Å². The van der Waals surface area contributed by atoms with Crippen LogP contribution in [0, 0.1) is 0 Å². The fraction of sp³-hybridized carbons (Fsp3) is 0.583. The summed E-state index contributed by atoms with van der Waals surface area (Å²) in [6.07, 6.45) is 5.02. The SMILES string of the molecule is CCN1CCCC(NC(=O)c2cncc(NN)n2)C1. The van der Waals surface area contributed by atoms with E-state index in [9.17, 15) is 4.79 Å². The van der Waals surface area contributed by atoms with Gasteiger partial charge in [0.25, 0.3) is 5.91 Å². The zero-order valence-electron chi connectivity index (χ0n) is 11.1. The van der Waals surface area contributed by atoms with Crippen LogP contribution >= 0.6 is 0 Å². The molecule has 1 aliphatic heterocycles. The number of hydrogen-bond acceptors (Lipinski definition) is 6. The molecule has 0 radical (unpaired) electrons. The van der Waals surface area contributed by atoms with E-state index in [4.69, 9.17) is 5.84 Å². The van der Waals surface area contributed by atoms with Crippen molar-refractivity contribution in [3.05, 3.63) is 18.1 Å². The van der Waals surface area contributed by atoms with Crippen molar-refractivity contribution in [2.24, 2.45) is 5.84 Å². The maximum atomic E-state index is 12.1. The van der Waals surface area contributed by atoms with Gasteiger partial charge in [0.2, 0.25) is 0 Å². The number of anilines is 1. The number of carbonyl (C=O) groups is 1. The van der Waals surface area contributed by atoms with Gasteiger partial charge in [0, 0.05) is 12.6 Å². The maximum Gasteiger partial charge on any atom is 0.271 e. The molecular weight excluding hydrogens is 244 g/mol. The molecule has 0 saturated carbocycles. The number of nitrogens with one attached hydrogen (secondary N) is 2. The van der Waals surface area contributed by atoms with Crippen LogP contribution in [0.3, 0.4) is 0 Å². The second-order valence-corrected chi connectivity index (χ2v) is 4.64. The van der Waals surface area contributed by atoms with Gasteiger partial charge in [-0.1, -0.05) is 6.92 Å². The number of amides is 1. The molecule has 7 nitrogen and oxygen atoms in total. The third kappa shape index (κ3) is 3.62. The van der Waals surface area contributed by atoms with Crippen molar-refractivity contribution in [1.29, 1.82) is 0 Å². The number of rotatable bonds is 4. The zero-order chi connectivity index (χ0) is 13.7. The van der Waals surface area contributed by atoms with Crippen molar-refractivity contribution in [2.45, 2.75) is 25.8 Å². The minimum absolute atomic E-state index is 0.178. The van der Waals surface area contributed by atoms with Crippen LogP contribution in [0.15, 0.2) is 12.4 Å². The number of aromatic nitrogens is 2. The third-order valence-electron chi connectivity index (χ3n) is 3.30. The second-order valence-electron chi connectivity index (χ2n) is 4.64. The summed E-state index contributed by atoms with van der Waals surface area (Å²) < 4.78 is 0. The average molecular weight is 264 g/mol. The van der Waals surface area contributed by atoms with Crippen LogP contribution in [0.1, 0.15) is 30.3 Å². The number of piperidine rings is 1. The summed E-state index contributed by atoms with van der Waals surface area (Å²) in [7, 11) is 0. The molecule has 1 aliphatic rings. The largest absolute Gasteiger partial charge is 0.347 e.